The van der Waals surface area contributed by atoms with Gasteiger partial charge in [0.15, 0.2) is 0 Å². The molecular formula is C16H25AsO3. The van der Waals surface area contributed by atoms with Gasteiger partial charge in [0, 0.05) is 0 Å². The van der Waals surface area contributed by atoms with Crippen molar-refractivity contribution >= 4 is 15.7 Å². The zero-order valence-electron chi connectivity index (χ0n) is 13.2. The summed E-state index contributed by atoms with van der Waals surface area (Å²) in [6, 6.07) is 6.40. The first-order valence-electron chi connectivity index (χ1n) is 7.34. The van der Waals surface area contributed by atoms with Gasteiger partial charge in [0.1, 0.15) is 0 Å². The zero-order chi connectivity index (χ0) is 14.9. The van der Waals surface area contributed by atoms with Gasteiger partial charge in [-0.3, -0.25) is 0 Å². The molecule has 20 heavy (non-hydrogen) atoms. The van der Waals surface area contributed by atoms with E-state index in [0.717, 1.165) is 5.75 Å². The van der Waals surface area contributed by atoms with E-state index in [1.165, 1.54) is 11.1 Å². The molecule has 1 saturated heterocycles. The van der Waals surface area contributed by atoms with E-state index >= 15 is 0 Å². The Kier molecular flexibility index (Phi) is 5.17. The molecule has 0 radical (unpaired) electrons. The van der Waals surface area contributed by atoms with Gasteiger partial charge >= 0.3 is 128 Å². The molecule has 0 amide bonds. The van der Waals surface area contributed by atoms with Gasteiger partial charge in [0.2, 0.25) is 0 Å². The van der Waals surface area contributed by atoms with Crippen LogP contribution in [-0.2, 0) is 7.45 Å². The van der Waals surface area contributed by atoms with Gasteiger partial charge in [-0.1, -0.05) is 0 Å². The van der Waals surface area contributed by atoms with Crippen molar-refractivity contribution < 1.29 is 11.2 Å². The van der Waals surface area contributed by atoms with Crippen LogP contribution in [0.25, 0.3) is 0 Å². The minimum atomic E-state index is -2.14. The van der Waals surface area contributed by atoms with Crippen molar-refractivity contribution in [2.75, 3.05) is 0 Å². The molecule has 0 bridgehead atoms. The van der Waals surface area contributed by atoms with Gasteiger partial charge in [-0.05, 0) is 0 Å². The van der Waals surface area contributed by atoms with Crippen molar-refractivity contribution in [3.8, 4) is 5.75 Å². The van der Waals surface area contributed by atoms with Gasteiger partial charge in [-0.25, -0.2) is 0 Å². The van der Waals surface area contributed by atoms with E-state index in [0.29, 0.717) is 11.8 Å². The Labute approximate surface area is 127 Å². The fourth-order valence-corrected chi connectivity index (χ4v) is 5.07. The normalized spacial score (nSPS) is 26.5. The molecule has 1 aromatic rings. The Morgan fingerprint density at radius 1 is 0.950 bits per heavy atom. The molecule has 1 fully saturated rings. The summed E-state index contributed by atoms with van der Waals surface area (Å²) >= 11 is -2.14. The number of para-hydroxylation sites is 1. The molecule has 0 spiro atoms. The maximum atomic E-state index is 6.20. The van der Waals surface area contributed by atoms with Crippen LogP contribution in [0.5, 0.6) is 5.75 Å². The van der Waals surface area contributed by atoms with Crippen molar-refractivity contribution in [3.05, 3.63) is 29.3 Å². The van der Waals surface area contributed by atoms with Gasteiger partial charge in [0.25, 0.3) is 0 Å². The molecule has 1 heterocycles. The van der Waals surface area contributed by atoms with E-state index in [4.69, 9.17) is 11.2 Å². The van der Waals surface area contributed by atoms with Crippen LogP contribution in [0.4, 0.5) is 0 Å². The summed E-state index contributed by atoms with van der Waals surface area (Å²) in [6.07, 6.45) is 0.257. The Morgan fingerprint density at radius 2 is 1.40 bits per heavy atom. The summed E-state index contributed by atoms with van der Waals surface area (Å²) in [5.41, 5.74) is 2.48. The molecule has 2 unspecified atom stereocenters. The molecular weight excluding hydrogens is 315 g/mol. The van der Waals surface area contributed by atoms with Crippen LogP contribution in [0, 0.1) is 0 Å². The van der Waals surface area contributed by atoms with Crippen molar-refractivity contribution in [3.63, 3.8) is 0 Å². The molecule has 4 heteroatoms. The Morgan fingerprint density at radius 3 is 1.80 bits per heavy atom. The molecule has 0 N–H and O–H groups in total. The molecule has 0 aliphatic carbocycles. The average molecular weight is 340 g/mol. The van der Waals surface area contributed by atoms with E-state index in [9.17, 15) is 0 Å². The van der Waals surface area contributed by atoms with Crippen LogP contribution in [0.15, 0.2) is 18.2 Å². The molecule has 2 rings (SSSR count). The SMILES string of the molecule is CC(C)c1cccc(C(C)C)c1O[As]1OC(C)C(C)O1. The van der Waals surface area contributed by atoms with Crippen molar-refractivity contribution in [1.29, 1.82) is 0 Å². The summed E-state index contributed by atoms with van der Waals surface area (Å²) < 4.78 is 17.9. The van der Waals surface area contributed by atoms with E-state index in [2.05, 4.69) is 45.9 Å². The summed E-state index contributed by atoms with van der Waals surface area (Å²) in [7, 11) is 0. The van der Waals surface area contributed by atoms with E-state index in [1.807, 2.05) is 13.8 Å². The third-order valence-corrected chi connectivity index (χ3v) is 6.46. The summed E-state index contributed by atoms with van der Waals surface area (Å²) in [5.74, 6) is 1.84. The predicted molar refractivity (Wildman–Crippen MR) is 82.1 cm³/mol. The van der Waals surface area contributed by atoms with Crippen molar-refractivity contribution in [2.45, 2.75) is 65.6 Å². The molecule has 2 atom stereocenters. The van der Waals surface area contributed by atoms with Crippen LogP contribution in [0.3, 0.4) is 0 Å². The Bertz CT molecular complexity index is 423. The predicted octanol–water partition coefficient (Wildman–Crippen LogP) is 4.12. The average Bonchev–Trinajstić information content (AvgIpc) is 2.68. The zero-order valence-corrected chi connectivity index (χ0v) is 15.1. The Balaban J connectivity index is 2.29. The molecule has 3 nitrogen and oxygen atoms in total. The second kappa shape index (κ2) is 6.51. The van der Waals surface area contributed by atoms with Crippen LogP contribution in [0.2, 0.25) is 0 Å². The first-order chi connectivity index (χ1) is 9.40. The number of benzene rings is 1. The van der Waals surface area contributed by atoms with Crippen molar-refractivity contribution in [1.82, 2.24) is 0 Å². The molecule has 1 aliphatic rings. The minimum absolute atomic E-state index is 0.128. The molecule has 112 valence electrons. The maximum absolute atomic E-state index is 6.20. The number of rotatable bonds is 4. The molecule has 1 aromatic carbocycles. The second-order valence-electron chi connectivity index (χ2n) is 6.01. The van der Waals surface area contributed by atoms with E-state index < -0.39 is 15.7 Å². The fourth-order valence-electron chi connectivity index (χ4n) is 2.17. The monoisotopic (exact) mass is 340 g/mol. The molecule has 0 saturated carbocycles. The second-order valence-corrected chi connectivity index (χ2v) is 8.22. The number of hydrogen-bond acceptors (Lipinski definition) is 3. The first-order valence-corrected chi connectivity index (χ1v) is 9.64. The van der Waals surface area contributed by atoms with Gasteiger partial charge in [-0.2, -0.15) is 0 Å². The third-order valence-electron chi connectivity index (χ3n) is 3.65. The van der Waals surface area contributed by atoms with Crippen LogP contribution < -0.4 is 3.73 Å². The van der Waals surface area contributed by atoms with Crippen molar-refractivity contribution in [2.24, 2.45) is 0 Å². The topological polar surface area (TPSA) is 27.7 Å². The standard InChI is InChI=1S/C16H25AsO3/c1-10(2)14-8-7-9-15(11(3)4)16(14)20-17-18-12(5)13(6)19-17/h7-13H,1-6H3. The van der Waals surface area contributed by atoms with E-state index in [1.54, 1.807) is 0 Å². The Hall–Kier alpha value is -0.502. The van der Waals surface area contributed by atoms with E-state index in [-0.39, 0.29) is 12.2 Å². The van der Waals surface area contributed by atoms with Crippen LogP contribution in [0.1, 0.15) is 64.5 Å². The van der Waals surface area contributed by atoms with Crippen LogP contribution in [-0.4, -0.2) is 27.9 Å². The summed E-state index contributed by atoms with van der Waals surface area (Å²) in [4.78, 5) is 0. The molecule has 1 aliphatic heterocycles. The van der Waals surface area contributed by atoms with Gasteiger partial charge in [0.05, 0.1) is 0 Å². The quantitative estimate of drug-likeness (QED) is 0.772. The summed E-state index contributed by atoms with van der Waals surface area (Å²) in [5, 5.41) is 0. The summed E-state index contributed by atoms with van der Waals surface area (Å²) in [6.45, 7) is 12.8. The van der Waals surface area contributed by atoms with Crippen LogP contribution >= 0.6 is 0 Å². The third kappa shape index (κ3) is 3.39. The first kappa shape index (κ1) is 15.9. The molecule has 0 aromatic heterocycles. The van der Waals surface area contributed by atoms with Gasteiger partial charge in [-0.15, -0.1) is 0 Å². The van der Waals surface area contributed by atoms with Gasteiger partial charge < -0.3 is 0 Å². The number of hydrogen-bond donors (Lipinski definition) is 0. The fraction of sp³-hybridized carbons (Fsp3) is 0.625.